The minimum atomic E-state index is -0.478. The van der Waals surface area contributed by atoms with Crippen molar-refractivity contribution in [1.82, 2.24) is 0 Å². The van der Waals surface area contributed by atoms with Crippen LogP contribution in [0.5, 0.6) is 0 Å². The first kappa shape index (κ1) is 30.2. The SMILES string of the molecule is CC1(C)OB(c2cc3ccccc3c3c2oc2ccc4ccccc4c23)OC1(C)C.c1ccc2c(c1)ccc1oc3ccc4ccccc4c3c12. The van der Waals surface area contributed by atoms with E-state index in [-0.39, 0.29) is 0 Å². The van der Waals surface area contributed by atoms with Gasteiger partial charge in [0.05, 0.1) is 11.2 Å². The van der Waals surface area contributed by atoms with Crippen LogP contribution in [0.3, 0.4) is 0 Å². The van der Waals surface area contributed by atoms with Crippen molar-refractivity contribution in [1.29, 1.82) is 0 Å². The summed E-state index contributed by atoms with van der Waals surface area (Å²) in [7, 11) is -0.478. The number of rotatable bonds is 1. The molecule has 10 aromatic rings. The van der Waals surface area contributed by atoms with E-state index < -0.39 is 18.3 Å². The first-order chi connectivity index (χ1) is 24.8. The van der Waals surface area contributed by atoms with E-state index in [1.165, 1.54) is 48.5 Å². The van der Waals surface area contributed by atoms with Crippen molar-refractivity contribution in [2.45, 2.75) is 38.9 Å². The van der Waals surface area contributed by atoms with Crippen LogP contribution in [0.4, 0.5) is 0 Å². The van der Waals surface area contributed by atoms with E-state index in [1.807, 2.05) is 0 Å². The highest BCUT2D eigenvalue weighted by molar-refractivity contribution is 6.66. The van der Waals surface area contributed by atoms with Gasteiger partial charge in [-0.05, 0) is 89.0 Å². The number of hydrogen-bond donors (Lipinski definition) is 0. The lowest BCUT2D eigenvalue weighted by Gasteiger charge is -2.32. The minimum absolute atomic E-state index is 0.408. The molecule has 0 bridgehead atoms. The van der Waals surface area contributed by atoms with E-state index in [0.717, 1.165) is 44.0 Å². The lowest BCUT2D eigenvalue weighted by molar-refractivity contribution is 0.00578. The largest absolute Gasteiger partial charge is 0.498 e. The van der Waals surface area contributed by atoms with Gasteiger partial charge in [-0.25, -0.2) is 0 Å². The van der Waals surface area contributed by atoms with Gasteiger partial charge in [-0.1, -0.05) is 121 Å². The molecule has 1 aliphatic rings. The van der Waals surface area contributed by atoms with Crippen LogP contribution in [-0.4, -0.2) is 18.3 Å². The molecule has 0 unspecified atom stereocenters. The normalized spacial score (nSPS) is 15.6. The van der Waals surface area contributed by atoms with Crippen LogP contribution in [0.2, 0.25) is 0 Å². The third-order valence-electron chi connectivity index (χ3n) is 11.1. The van der Waals surface area contributed by atoms with Gasteiger partial charge in [-0.2, -0.15) is 0 Å². The average molecular weight is 663 g/mol. The Bertz CT molecular complexity index is 2900. The first-order valence-electron chi connectivity index (χ1n) is 17.6. The smallest absolute Gasteiger partial charge is 0.456 e. The molecule has 51 heavy (non-hydrogen) atoms. The van der Waals surface area contributed by atoms with Gasteiger partial charge in [0.15, 0.2) is 0 Å². The lowest BCUT2D eigenvalue weighted by atomic mass is 9.76. The molecule has 1 saturated heterocycles. The molecule has 0 radical (unpaired) electrons. The van der Waals surface area contributed by atoms with Crippen molar-refractivity contribution in [3.05, 3.63) is 140 Å². The Kier molecular flexibility index (Phi) is 6.48. The molecule has 1 fully saturated rings. The number of fused-ring (bicyclic) bond motifs is 14. The van der Waals surface area contributed by atoms with Gasteiger partial charge in [-0.15, -0.1) is 0 Å². The molecule has 5 heteroatoms. The van der Waals surface area contributed by atoms with Crippen molar-refractivity contribution >= 4 is 99.5 Å². The number of furan rings is 2. The summed E-state index contributed by atoms with van der Waals surface area (Å²) in [5.74, 6) is 0. The molecule has 4 nitrogen and oxygen atoms in total. The zero-order valence-electron chi connectivity index (χ0n) is 29.0. The first-order valence-corrected chi connectivity index (χ1v) is 17.6. The van der Waals surface area contributed by atoms with Gasteiger partial charge in [-0.3, -0.25) is 0 Å². The van der Waals surface area contributed by atoms with E-state index in [0.29, 0.717) is 0 Å². The highest BCUT2D eigenvalue weighted by Gasteiger charge is 2.52. The molecule has 0 aliphatic carbocycles. The fourth-order valence-corrected chi connectivity index (χ4v) is 7.87. The molecule has 0 saturated carbocycles. The zero-order valence-corrected chi connectivity index (χ0v) is 29.0. The van der Waals surface area contributed by atoms with Crippen LogP contribution in [0.25, 0.3) is 87.0 Å². The molecular formula is C46H35BO4. The molecule has 8 aromatic carbocycles. The van der Waals surface area contributed by atoms with Crippen LogP contribution >= 0.6 is 0 Å². The molecule has 11 rings (SSSR count). The highest BCUT2D eigenvalue weighted by Crippen LogP contribution is 2.42. The van der Waals surface area contributed by atoms with Gasteiger partial charge in [0, 0.05) is 27.0 Å². The summed E-state index contributed by atoms with van der Waals surface area (Å²) in [6, 6.07) is 48.7. The second-order valence-corrected chi connectivity index (χ2v) is 14.7. The summed E-state index contributed by atoms with van der Waals surface area (Å²) in [6.45, 7) is 8.32. The third-order valence-corrected chi connectivity index (χ3v) is 11.1. The van der Waals surface area contributed by atoms with E-state index in [1.54, 1.807) is 0 Å². The van der Waals surface area contributed by atoms with Gasteiger partial charge in [0.25, 0.3) is 0 Å². The Balaban J connectivity index is 0.000000136. The van der Waals surface area contributed by atoms with E-state index in [9.17, 15) is 0 Å². The summed E-state index contributed by atoms with van der Waals surface area (Å²) in [5, 5.41) is 14.5. The van der Waals surface area contributed by atoms with Crippen LogP contribution in [0.1, 0.15) is 27.7 Å². The maximum absolute atomic E-state index is 6.49. The van der Waals surface area contributed by atoms with E-state index in [2.05, 4.69) is 167 Å². The Hall–Kier alpha value is -5.62. The summed E-state index contributed by atoms with van der Waals surface area (Å²) in [4.78, 5) is 0. The Morgan fingerprint density at radius 1 is 0.392 bits per heavy atom. The Morgan fingerprint density at radius 2 is 0.765 bits per heavy atom. The molecule has 0 spiro atoms. The molecule has 0 amide bonds. The summed E-state index contributed by atoms with van der Waals surface area (Å²) >= 11 is 0. The molecular weight excluding hydrogens is 627 g/mol. The van der Waals surface area contributed by atoms with Crippen LogP contribution < -0.4 is 5.46 Å². The average Bonchev–Trinajstić information content (AvgIpc) is 3.80. The quantitative estimate of drug-likeness (QED) is 0.164. The Labute approximate surface area is 295 Å². The Morgan fingerprint density at radius 3 is 1.24 bits per heavy atom. The van der Waals surface area contributed by atoms with Crippen molar-refractivity contribution in [2.24, 2.45) is 0 Å². The lowest BCUT2D eigenvalue weighted by Crippen LogP contribution is -2.41. The predicted octanol–water partition coefficient (Wildman–Crippen LogP) is 12.1. The standard InChI is InChI=1S/C26H23BO3.C20H12O/c1-25(2)26(3,4)30-27(29-25)20-15-17-10-6-8-12-19(17)23-22-18-11-7-5-9-16(18)13-14-21(22)28-24(20)23;1-3-7-15-13(5-1)9-11-17-19(15)20-16-8-4-2-6-14(16)10-12-18(20)21-17/h5-15H,1-4H3;1-12H. The second kappa shape index (κ2) is 10.9. The summed E-state index contributed by atoms with van der Waals surface area (Å²) in [5.41, 5.74) is 3.78. The number of benzene rings is 8. The van der Waals surface area contributed by atoms with Gasteiger partial charge >= 0.3 is 7.12 Å². The van der Waals surface area contributed by atoms with Crippen molar-refractivity contribution in [2.75, 3.05) is 0 Å². The van der Waals surface area contributed by atoms with Crippen LogP contribution in [0, 0.1) is 0 Å². The fourth-order valence-electron chi connectivity index (χ4n) is 7.87. The van der Waals surface area contributed by atoms with E-state index in [4.69, 9.17) is 18.1 Å². The zero-order chi connectivity index (χ0) is 34.5. The molecule has 3 heterocycles. The van der Waals surface area contributed by atoms with Gasteiger partial charge < -0.3 is 18.1 Å². The summed E-state index contributed by atoms with van der Waals surface area (Å²) < 4.78 is 25.4. The molecule has 246 valence electrons. The highest BCUT2D eigenvalue weighted by atomic mass is 16.7. The topological polar surface area (TPSA) is 44.7 Å². The molecule has 2 aromatic heterocycles. The summed E-state index contributed by atoms with van der Waals surface area (Å²) in [6.07, 6.45) is 0. The van der Waals surface area contributed by atoms with Crippen molar-refractivity contribution in [3.8, 4) is 0 Å². The maximum Gasteiger partial charge on any atom is 0.498 e. The van der Waals surface area contributed by atoms with Crippen molar-refractivity contribution in [3.63, 3.8) is 0 Å². The monoisotopic (exact) mass is 662 g/mol. The van der Waals surface area contributed by atoms with E-state index >= 15 is 0 Å². The van der Waals surface area contributed by atoms with Crippen molar-refractivity contribution < 1.29 is 18.1 Å². The maximum atomic E-state index is 6.49. The third kappa shape index (κ3) is 4.55. The molecule has 1 aliphatic heterocycles. The molecule has 0 N–H and O–H groups in total. The van der Waals surface area contributed by atoms with Gasteiger partial charge in [0.2, 0.25) is 0 Å². The fraction of sp³-hybridized carbons (Fsp3) is 0.130. The number of hydrogen-bond acceptors (Lipinski definition) is 4. The van der Waals surface area contributed by atoms with Crippen LogP contribution in [-0.2, 0) is 9.31 Å². The second-order valence-electron chi connectivity index (χ2n) is 14.7. The van der Waals surface area contributed by atoms with Gasteiger partial charge in [0.1, 0.15) is 22.3 Å². The van der Waals surface area contributed by atoms with Crippen LogP contribution in [0.15, 0.2) is 148 Å². The minimum Gasteiger partial charge on any atom is -0.456 e. The molecule has 0 atom stereocenters. The predicted molar refractivity (Wildman–Crippen MR) is 213 cm³/mol.